The van der Waals surface area contributed by atoms with Gasteiger partial charge in [-0.05, 0) is 22.2 Å². The second-order valence-electron chi connectivity index (χ2n) is 3.51. The van der Waals surface area contributed by atoms with Crippen LogP contribution in [0.3, 0.4) is 0 Å². The molecule has 0 spiro atoms. The van der Waals surface area contributed by atoms with Crippen LogP contribution in [-0.4, -0.2) is 28.5 Å². The molecule has 0 radical (unpaired) electrons. The van der Waals surface area contributed by atoms with Gasteiger partial charge < -0.3 is 5.32 Å². The molecule has 84 valence electrons. The molecule has 0 aliphatic heterocycles. The zero-order valence-electron chi connectivity index (χ0n) is 9.25. The Bertz CT molecular complexity index is 318. The minimum Gasteiger partial charge on any atom is -0.369 e. The lowest BCUT2D eigenvalue weighted by atomic mass is 10.2. The first-order chi connectivity index (χ1) is 7.13. The Hall–Kier alpha value is -0.290. The highest BCUT2D eigenvalue weighted by atomic mass is 79.9. The number of nitrogens with one attached hydrogen (secondary N) is 1. The Balaban J connectivity index is 2.71. The quantitative estimate of drug-likeness (QED) is 0.668. The van der Waals surface area contributed by atoms with Gasteiger partial charge in [-0.15, -0.1) is 0 Å². The number of aromatic nitrogens is 2. The highest BCUT2D eigenvalue weighted by Gasteiger charge is 2.06. The van der Waals surface area contributed by atoms with Crippen molar-refractivity contribution in [2.45, 2.75) is 19.8 Å². The monoisotopic (exact) mass is 289 g/mol. The van der Waals surface area contributed by atoms with Gasteiger partial charge >= 0.3 is 0 Å². The van der Waals surface area contributed by atoms with E-state index in [-0.39, 0.29) is 0 Å². The largest absolute Gasteiger partial charge is 0.369 e. The first kappa shape index (κ1) is 12.8. The van der Waals surface area contributed by atoms with E-state index in [2.05, 4.69) is 51.3 Å². The smallest absolute Gasteiger partial charge is 0.134 e. The fraction of sp³-hybridized carbons (Fsp3) is 0.600. The maximum atomic E-state index is 4.44. The van der Waals surface area contributed by atoms with E-state index in [1.165, 1.54) is 0 Å². The molecular weight excluding hydrogens is 274 g/mol. The van der Waals surface area contributed by atoms with Crippen LogP contribution >= 0.6 is 27.7 Å². The molecule has 0 unspecified atom stereocenters. The van der Waals surface area contributed by atoms with Crippen molar-refractivity contribution in [1.29, 1.82) is 0 Å². The molecule has 0 saturated heterocycles. The molecule has 15 heavy (non-hydrogen) atoms. The summed E-state index contributed by atoms with van der Waals surface area (Å²) >= 11 is 5.21. The number of nitrogens with zero attached hydrogens (tertiary/aromatic N) is 2. The standard InChI is InChI=1S/C10H16BrN3S/c1-7(2)10-13-8(11)6-9(14-10)12-4-5-15-3/h6-7H,4-5H2,1-3H3,(H,12,13,14). The van der Waals surface area contributed by atoms with Crippen molar-refractivity contribution in [1.82, 2.24) is 9.97 Å². The van der Waals surface area contributed by atoms with E-state index >= 15 is 0 Å². The molecule has 0 amide bonds. The van der Waals surface area contributed by atoms with Crippen LogP contribution in [0.5, 0.6) is 0 Å². The lowest BCUT2D eigenvalue weighted by Gasteiger charge is -2.09. The molecule has 5 heteroatoms. The SMILES string of the molecule is CSCCNc1cc(Br)nc(C(C)C)n1. The Kier molecular flexibility index (Phi) is 5.39. The van der Waals surface area contributed by atoms with Crippen LogP contribution in [-0.2, 0) is 0 Å². The average molecular weight is 290 g/mol. The second kappa shape index (κ2) is 6.33. The summed E-state index contributed by atoms with van der Waals surface area (Å²) in [7, 11) is 0. The fourth-order valence-electron chi connectivity index (χ4n) is 1.07. The van der Waals surface area contributed by atoms with Crippen LogP contribution in [0.4, 0.5) is 5.82 Å². The van der Waals surface area contributed by atoms with Gasteiger partial charge in [-0.3, -0.25) is 0 Å². The third-order valence-corrected chi connectivity index (χ3v) is 2.86. The van der Waals surface area contributed by atoms with E-state index < -0.39 is 0 Å². The van der Waals surface area contributed by atoms with E-state index in [0.717, 1.165) is 28.5 Å². The highest BCUT2D eigenvalue weighted by molar-refractivity contribution is 9.10. The van der Waals surface area contributed by atoms with Gasteiger partial charge in [-0.25, -0.2) is 9.97 Å². The third-order valence-electron chi connectivity index (χ3n) is 1.84. The summed E-state index contributed by atoms with van der Waals surface area (Å²) < 4.78 is 0.841. The van der Waals surface area contributed by atoms with Crippen LogP contribution in [0.25, 0.3) is 0 Å². The summed E-state index contributed by atoms with van der Waals surface area (Å²) in [6.07, 6.45) is 2.09. The molecule has 1 aromatic rings. The number of rotatable bonds is 5. The lowest BCUT2D eigenvalue weighted by Crippen LogP contribution is -2.08. The van der Waals surface area contributed by atoms with E-state index in [0.29, 0.717) is 5.92 Å². The first-order valence-electron chi connectivity index (χ1n) is 4.90. The Morgan fingerprint density at radius 2 is 2.20 bits per heavy atom. The van der Waals surface area contributed by atoms with Gasteiger partial charge in [0.25, 0.3) is 0 Å². The molecule has 0 fully saturated rings. The van der Waals surface area contributed by atoms with Crippen LogP contribution in [0.2, 0.25) is 0 Å². The van der Waals surface area contributed by atoms with Gasteiger partial charge in [-0.1, -0.05) is 13.8 Å². The lowest BCUT2D eigenvalue weighted by molar-refractivity contribution is 0.770. The number of anilines is 1. The van der Waals surface area contributed by atoms with Crippen molar-refractivity contribution in [3.8, 4) is 0 Å². The molecule has 0 aliphatic carbocycles. The Morgan fingerprint density at radius 1 is 1.47 bits per heavy atom. The third kappa shape index (κ3) is 4.38. The number of hydrogen-bond acceptors (Lipinski definition) is 4. The molecule has 1 N–H and O–H groups in total. The Labute approximate surface area is 104 Å². The number of thioether (sulfide) groups is 1. The molecule has 1 rings (SSSR count). The summed E-state index contributed by atoms with van der Waals surface area (Å²) in [5, 5.41) is 3.28. The van der Waals surface area contributed by atoms with Crippen LogP contribution in [0.1, 0.15) is 25.6 Å². The molecule has 1 aromatic heterocycles. The zero-order chi connectivity index (χ0) is 11.3. The van der Waals surface area contributed by atoms with Crippen molar-refractivity contribution in [3.05, 3.63) is 16.5 Å². The van der Waals surface area contributed by atoms with Crippen LogP contribution in [0, 0.1) is 0 Å². The van der Waals surface area contributed by atoms with Gasteiger partial charge in [-0.2, -0.15) is 11.8 Å². The maximum Gasteiger partial charge on any atom is 0.134 e. The van der Waals surface area contributed by atoms with Crippen molar-refractivity contribution < 1.29 is 0 Å². The van der Waals surface area contributed by atoms with Gasteiger partial charge in [0.2, 0.25) is 0 Å². The second-order valence-corrected chi connectivity index (χ2v) is 5.31. The summed E-state index contributed by atoms with van der Waals surface area (Å²) in [5.74, 6) is 3.20. The topological polar surface area (TPSA) is 37.8 Å². The molecule has 0 atom stereocenters. The minimum atomic E-state index is 0.351. The van der Waals surface area contributed by atoms with Crippen molar-refractivity contribution >= 4 is 33.5 Å². The van der Waals surface area contributed by atoms with Crippen LogP contribution in [0.15, 0.2) is 10.7 Å². The average Bonchev–Trinajstić information content (AvgIpc) is 2.17. The zero-order valence-corrected chi connectivity index (χ0v) is 11.7. The number of hydrogen-bond donors (Lipinski definition) is 1. The highest BCUT2D eigenvalue weighted by Crippen LogP contribution is 2.17. The number of halogens is 1. The van der Waals surface area contributed by atoms with Crippen molar-refractivity contribution in [3.63, 3.8) is 0 Å². The predicted molar refractivity (Wildman–Crippen MR) is 70.7 cm³/mol. The molecular formula is C10H16BrN3S. The molecule has 3 nitrogen and oxygen atoms in total. The van der Waals surface area contributed by atoms with Gasteiger partial charge in [0.05, 0.1) is 0 Å². The van der Waals surface area contributed by atoms with E-state index in [9.17, 15) is 0 Å². The minimum absolute atomic E-state index is 0.351. The van der Waals surface area contributed by atoms with Crippen LogP contribution < -0.4 is 5.32 Å². The Morgan fingerprint density at radius 3 is 2.80 bits per heavy atom. The van der Waals surface area contributed by atoms with E-state index in [4.69, 9.17) is 0 Å². The van der Waals surface area contributed by atoms with Crippen molar-refractivity contribution in [2.24, 2.45) is 0 Å². The van der Waals surface area contributed by atoms with Crippen molar-refractivity contribution in [2.75, 3.05) is 23.9 Å². The van der Waals surface area contributed by atoms with Gasteiger partial charge in [0.15, 0.2) is 0 Å². The first-order valence-corrected chi connectivity index (χ1v) is 7.09. The molecule has 0 aliphatic rings. The molecule has 0 bridgehead atoms. The molecule has 0 aromatic carbocycles. The maximum absolute atomic E-state index is 4.44. The molecule has 0 saturated carbocycles. The van der Waals surface area contributed by atoms with Gasteiger partial charge in [0, 0.05) is 24.3 Å². The summed E-state index contributed by atoms with van der Waals surface area (Å²) in [6.45, 7) is 5.11. The molecule has 1 heterocycles. The summed E-state index contributed by atoms with van der Waals surface area (Å²) in [5.41, 5.74) is 0. The van der Waals surface area contributed by atoms with E-state index in [1.807, 2.05) is 17.8 Å². The summed E-state index contributed by atoms with van der Waals surface area (Å²) in [4.78, 5) is 8.77. The normalized spacial score (nSPS) is 10.7. The summed E-state index contributed by atoms with van der Waals surface area (Å²) in [6, 6.07) is 1.91. The van der Waals surface area contributed by atoms with E-state index in [1.54, 1.807) is 0 Å². The van der Waals surface area contributed by atoms with Gasteiger partial charge in [0.1, 0.15) is 16.2 Å². The predicted octanol–water partition coefficient (Wildman–Crippen LogP) is 3.14. The fourth-order valence-corrected chi connectivity index (χ4v) is 1.77.